The highest BCUT2D eigenvalue weighted by Crippen LogP contribution is 2.22. The van der Waals surface area contributed by atoms with Crippen LogP contribution in [0.4, 0.5) is 24.5 Å². The second-order valence-corrected chi connectivity index (χ2v) is 4.40. The van der Waals surface area contributed by atoms with Gasteiger partial charge in [-0.05, 0) is 18.6 Å². The Morgan fingerprint density at radius 2 is 2.00 bits per heavy atom. The number of nitrogen functional groups attached to an aromatic ring is 1. The quantitative estimate of drug-likeness (QED) is 0.568. The van der Waals surface area contributed by atoms with Gasteiger partial charge in [0.05, 0.1) is 11.4 Å². The molecule has 1 rings (SSSR count). The molecule has 0 aliphatic heterocycles. The Labute approximate surface area is 120 Å². The van der Waals surface area contributed by atoms with E-state index in [4.69, 9.17) is 10.8 Å². The Morgan fingerprint density at radius 1 is 1.33 bits per heavy atom. The molecule has 0 bridgehead atoms. The van der Waals surface area contributed by atoms with Crippen LogP contribution in [0.5, 0.6) is 0 Å². The molecule has 0 aliphatic carbocycles. The van der Waals surface area contributed by atoms with Gasteiger partial charge in [-0.1, -0.05) is 12.1 Å². The lowest BCUT2D eigenvalue weighted by atomic mass is 10.2. The highest BCUT2D eigenvalue weighted by molar-refractivity contribution is 5.77. The third kappa shape index (κ3) is 6.84. The summed E-state index contributed by atoms with van der Waals surface area (Å²) >= 11 is 0. The molecule has 0 unspecified atom stereocenters. The fourth-order valence-corrected chi connectivity index (χ4v) is 1.77. The number of rotatable bonds is 8. The van der Waals surface area contributed by atoms with Crippen molar-refractivity contribution in [2.75, 3.05) is 36.9 Å². The Hall–Kier alpha value is -1.96. The first-order chi connectivity index (χ1) is 9.79. The predicted octanol–water partition coefficient (Wildman–Crippen LogP) is 2.13. The molecule has 0 saturated carbocycles. The van der Waals surface area contributed by atoms with Gasteiger partial charge in [0.1, 0.15) is 13.2 Å². The van der Waals surface area contributed by atoms with Crippen LogP contribution in [-0.4, -0.2) is 43.6 Å². The average molecular weight is 306 g/mol. The van der Waals surface area contributed by atoms with E-state index in [0.29, 0.717) is 11.4 Å². The van der Waals surface area contributed by atoms with Crippen LogP contribution < -0.4 is 10.6 Å². The number of nitrogens with zero attached hydrogens (tertiary/aromatic N) is 1. The van der Waals surface area contributed by atoms with Gasteiger partial charge < -0.3 is 20.5 Å². The van der Waals surface area contributed by atoms with Crippen molar-refractivity contribution in [3.8, 4) is 0 Å². The molecular formula is C13H17F3N2O3. The van der Waals surface area contributed by atoms with Crippen LogP contribution in [0.3, 0.4) is 0 Å². The lowest BCUT2D eigenvalue weighted by Crippen LogP contribution is -2.32. The normalized spacial score (nSPS) is 11.4. The third-order valence-corrected chi connectivity index (χ3v) is 2.59. The van der Waals surface area contributed by atoms with E-state index in [1.165, 1.54) is 4.90 Å². The molecule has 0 radical (unpaired) electrons. The number of hydrogen-bond donors (Lipinski definition) is 2. The van der Waals surface area contributed by atoms with Crippen LogP contribution in [0.2, 0.25) is 0 Å². The van der Waals surface area contributed by atoms with Crippen LogP contribution in [0.15, 0.2) is 24.3 Å². The summed E-state index contributed by atoms with van der Waals surface area (Å²) in [7, 11) is 0. The number of benzene rings is 1. The van der Waals surface area contributed by atoms with E-state index in [2.05, 4.69) is 4.74 Å². The van der Waals surface area contributed by atoms with E-state index in [1.54, 1.807) is 24.3 Å². The van der Waals surface area contributed by atoms with Gasteiger partial charge in [-0.2, -0.15) is 13.2 Å². The smallest absolute Gasteiger partial charge is 0.411 e. The molecule has 0 aromatic heterocycles. The highest BCUT2D eigenvalue weighted by Gasteiger charge is 2.27. The van der Waals surface area contributed by atoms with E-state index in [9.17, 15) is 18.0 Å². The van der Waals surface area contributed by atoms with Gasteiger partial charge in [0.15, 0.2) is 0 Å². The summed E-state index contributed by atoms with van der Waals surface area (Å²) in [6, 6.07) is 6.71. The predicted molar refractivity (Wildman–Crippen MR) is 72.2 cm³/mol. The van der Waals surface area contributed by atoms with E-state index >= 15 is 0 Å². The minimum atomic E-state index is -4.36. The van der Waals surface area contributed by atoms with Crippen LogP contribution >= 0.6 is 0 Å². The number of hydrogen-bond acceptors (Lipinski definition) is 4. The number of nitrogens with two attached hydrogens (primary N) is 1. The summed E-state index contributed by atoms with van der Waals surface area (Å²) < 4.78 is 40.2. The number of anilines is 2. The minimum absolute atomic E-state index is 0.109. The molecule has 1 aromatic carbocycles. The van der Waals surface area contributed by atoms with Gasteiger partial charge in [0.25, 0.3) is 0 Å². The molecule has 0 heterocycles. The molecule has 8 heteroatoms. The van der Waals surface area contributed by atoms with Gasteiger partial charge in [0.2, 0.25) is 0 Å². The maximum absolute atomic E-state index is 11.9. The van der Waals surface area contributed by atoms with Crippen molar-refractivity contribution in [1.82, 2.24) is 0 Å². The number of alkyl halides is 3. The number of aliphatic carboxylic acids is 1. The van der Waals surface area contributed by atoms with Crippen molar-refractivity contribution in [3.05, 3.63) is 24.3 Å². The zero-order valence-corrected chi connectivity index (χ0v) is 11.3. The molecule has 0 spiro atoms. The molecule has 3 N–H and O–H groups in total. The largest absolute Gasteiger partial charge is 0.480 e. The standard InChI is InChI=1S/C13H17F3N2O3/c14-13(15,16)9-21-7-3-6-18(8-12(19)20)11-5-2-1-4-10(11)17/h1-2,4-5H,3,6-9,17H2,(H,19,20). The number of halogens is 3. The summed E-state index contributed by atoms with van der Waals surface area (Å²) in [5.41, 5.74) is 6.72. The van der Waals surface area contributed by atoms with Crippen molar-refractivity contribution in [2.45, 2.75) is 12.6 Å². The summed E-state index contributed by atoms with van der Waals surface area (Å²) in [6.07, 6.45) is -4.09. The van der Waals surface area contributed by atoms with Crippen molar-refractivity contribution in [1.29, 1.82) is 0 Å². The molecule has 0 saturated heterocycles. The van der Waals surface area contributed by atoms with Crippen molar-refractivity contribution in [2.24, 2.45) is 0 Å². The van der Waals surface area contributed by atoms with E-state index in [-0.39, 0.29) is 26.1 Å². The van der Waals surface area contributed by atoms with Crippen LogP contribution in [0, 0.1) is 0 Å². The summed E-state index contributed by atoms with van der Waals surface area (Å²) in [5, 5.41) is 8.88. The lowest BCUT2D eigenvalue weighted by molar-refractivity contribution is -0.173. The minimum Gasteiger partial charge on any atom is -0.480 e. The zero-order chi connectivity index (χ0) is 15.9. The lowest BCUT2D eigenvalue weighted by Gasteiger charge is -2.24. The van der Waals surface area contributed by atoms with Crippen LogP contribution in [-0.2, 0) is 9.53 Å². The van der Waals surface area contributed by atoms with Crippen molar-refractivity contribution >= 4 is 17.3 Å². The van der Waals surface area contributed by atoms with E-state index in [1.807, 2.05) is 0 Å². The molecule has 1 aromatic rings. The third-order valence-electron chi connectivity index (χ3n) is 2.59. The Balaban J connectivity index is 2.52. The van der Waals surface area contributed by atoms with Crippen molar-refractivity contribution < 1.29 is 27.8 Å². The zero-order valence-electron chi connectivity index (χ0n) is 11.3. The van der Waals surface area contributed by atoms with E-state index in [0.717, 1.165) is 0 Å². The maximum Gasteiger partial charge on any atom is 0.411 e. The highest BCUT2D eigenvalue weighted by atomic mass is 19.4. The molecule has 118 valence electrons. The monoisotopic (exact) mass is 306 g/mol. The van der Waals surface area contributed by atoms with Gasteiger partial charge in [-0.3, -0.25) is 4.79 Å². The van der Waals surface area contributed by atoms with Crippen LogP contribution in [0.25, 0.3) is 0 Å². The number of carboxylic acid groups (broad SMARTS) is 1. The van der Waals surface area contributed by atoms with Crippen LogP contribution in [0.1, 0.15) is 6.42 Å². The molecule has 0 atom stereocenters. The Bertz CT molecular complexity index is 466. The van der Waals surface area contributed by atoms with Gasteiger partial charge in [-0.25, -0.2) is 0 Å². The molecule has 21 heavy (non-hydrogen) atoms. The summed E-state index contributed by atoms with van der Waals surface area (Å²) in [4.78, 5) is 12.3. The first-order valence-electron chi connectivity index (χ1n) is 6.25. The number of ether oxygens (including phenoxy) is 1. The van der Waals surface area contributed by atoms with E-state index < -0.39 is 18.8 Å². The molecule has 0 aliphatic rings. The second kappa shape index (κ2) is 7.72. The first-order valence-corrected chi connectivity index (χ1v) is 6.25. The first kappa shape index (κ1) is 17.1. The Kier molecular flexibility index (Phi) is 6.29. The van der Waals surface area contributed by atoms with Crippen molar-refractivity contribution in [3.63, 3.8) is 0 Å². The fraction of sp³-hybridized carbons (Fsp3) is 0.462. The molecule has 0 fully saturated rings. The SMILES string of the molecule is Nc1ccccc1N(CCCOCC(F)(F)F)CC(=O)O. The molecule has 5 nitrogen and oxygen atoms in total. The topological polar surface area (TPSA) is 75.8 Å². The summed E-state index contributed by atoms with van der Waals surface area (Å²) in [5.74, 6) is -1.05. The second-order valence-electron chi connectivity index (χ2n) is 4.40. The van der Waals surface area contributed by atoms with Gasteiger partial charge in [-0.15, -0.1) is 0 Å². The maximum atomic E-state index is 11.9. The fourth-order valence-electron chi connectivity index (χ4n) is 1.77. The number of carboxylic acids is 1. The average Bonchev–Trinajstić information content (AvgIpc) is 2.36. The summed E-state index contributed by atoms with van der Waals surface area (Å²) in [6.45, 7) is -1.46. The number of para-hydroxylation sites is 2. The number of carbonyl (C=O) groups is 1. The van der Waals surface area contributed by atoms with Gasteiger partial charge in [0, 0.05) is 13.2 Å². The Morgan fingerprint density at radius 3 is 2.57 bits per heavy atom. The molecular weight excluding hydrogens is 289 g/mol. The van der Waals surface area contributed by atoms with Gasteiger partial charge >= 0.3 is 12.1 Å². The molecule has 0 amide bonds.